The zero-order chi connectivity index (χ0) is 14.2. The van der Waals surface area contributed by atoms with Crippen molar-refractivity contribution >= 4 is 33.5 Å². The molecule has 0 N–H and O–H groups in total. The molecular formula is C14H16BrNO3. The predicted octanol–water partition coefficient (Wildman–Crippen LogP) is 2.67. The van der Waals surface area contributed by atoms with E-state index < -0.39 is 0 Å². The minimum absolute atomic E-state index is 0.0374. The van der Waals surface area contributed by atoms with Gasteiger partial charge in [0.15, 0.2) is 0 Å². The molecule has 19 heavy (non-hydrogen) atoms. The van der Waals surface area contributed by atoms with Crippen molar-refractivity contribution < 1.29 is 14.3 Å². The molecular weight excluding hydrogens is 310 g/mol. The van der Waals surface area contributed by atoms with Crippen LogP contribution in [0.2, 0.25) is 0 Å². The third-order valence-corrected chi connectivity index (χ3v) is 4.47. The number of ether oxygens (including phenoxy) is 1. The van der Waals surface area contributed by atoms with Crippen LogP contribution in [0.25, 0.3) is 0 Å². The number of esters is 1. The largest absolute Gasteiger partial charge is 0.469 e. The SMILES string of the molecule is COC(=O)C1CC(=O)N(c2ccc(Br)c(C)c2)C1C. The molecule has 2 unspecified atom stereocenters. The molecule has 5 heteroatoms. The summed E-state index contributed by atoms with van der Waals surface area (Å²) in [6, 6.07) is 5.56. The Morgan fingerprint density at radius 1 is 1.47 bits per heavy atom. The number of carbonyl (C=O) groups is 2. The van der Waals surface area contributed by atoms with Crippen molar-refractivity contribution in [2.24, 2.45) is 5.92 Å². The van der Waals surface area contributed by atoms with E-state index >= 15 is 0 Å². The van der Waals surface area contributed by atoms with Crippen LogP contribution in [0.15, 0.2) is 22.7 Å². The molecule has 1 amide bonds. The lowest BCUT2D eigenvalue weighted by Crippen LogP contribution is -2.35. The number of carbonyl (C=O) groups excluding carboxylic acids is 2. The molecule has 0 saturated carbocycles. The molecule has 4 nitrogen and oxygen atoms in total. The molecule has 0 aromatic heterocycles. The van der Waals surface area contributed by atoms with Gasteiger partial charge in [0.1, 0.15) is 0 Å². The number of aryl methyl sites for hydroxylation is 1. The average Bonchev–Trinajstić information content (AvgIpc) is 2.68. The summed E-state index contributed by atoms with van der Waals surface area (Å²) in [4.78, 5) is 25.5. The van der Waals surface area contributed by atoms with E-state index in [2.05, 4.69) is 15.9 Å². The molecule has 0 aliphatic carbocycles. The van der Waals surface area contributed by atoms with Crippen molar-refractivity contribution in [1.82, 2.24) is 0 Å². The zero-order valence-electron chi connectivity index (χ0n) is 11.1. The maximum atomic E-state index is 12.1. The first-order valence-corrected chi connectivity index (χ1v) is 6.91. The van der Waals surface area contributed by atoms with E-state index in [1.165, 1.54) is 7.11 Å². The van der Waals surface area contributed by atoms with Gasteiger partial charge in [-0.1, -0.05) is 15.9 Å². The van der Waals surface area contributed by atoms with Gasteiger partial charge in [-0.3, -0.25) is 9.59 Å². The normalized spacial score (nSPS) is 22.7. The number of anilines is 1. The maximum Gasteiger partial charge on any atom is 0.311 e. The highest BCUT2D eigenvalue weighted by Gasteiger charge is 2.42. The fraction of sp³-hybridized carbons (Fsp3) is 0.429. The number of nitrogens with zero attached hydrogens (tertiary/aromatic N) is 1. The molecule has 1 aromatic rings. The van der Waals surface area contributed by atoms with E-state index in [4.69, 9.17) is 4.74 Å². The molecule has 0 bridgehead atoms. The van der Waals surface area contributed by atoms with Gasteiger partial charge in [0.05, 0.1) is 13.0 Å². The van der Waals surface area contributed by atoms with Crippen LogP contribution in [0.4, 0.5) is 5.69 Å². The lowest BCUT2D eigenvalue weighted by molar-refractivity contribution is -0.146. The molecule has 1 fully saturated rings. The van der Waals surface area contributed by atoms with Crippen molar-refractivity contribution in [1.29, 1.82) is 0 Å². The Morgan fingerprint density at radius 2 is 2.16 bits per heavy atom. The Labute approximate surface area is 120 Å². The number of hydrogen-bond acceptors (Lipinski definition) is 3. The van der Waals surface area contributed by atoms with E-state index in [1.807, 2.05) is 32.0 Å². The Balaban J connectivity index is 2.32. The minimum Gasteiger partial charge on any atom is -0.469 e. The van der Waals surface area contributed by atoms with Crippen LogP contribution < -0.4 is 4.90 Å². The van der Waals surface area contributed by atoms with Crippen LogP contribution >= 0.6 is 15.9 Å². The number of methoxy groups -OCH3 is 1. The maximum absolute atomic E-state index is 12.1. The fourth-order valence-corrected chi connectivity index (χ4v) is 2.70. The smallest absolute Gasteiger partial charge is 0.311 e. The molecule has 1 heterocycles. The highest BCUT2D eigenvalue weighted by Crippen LogP contribution is 2.33. The summed E-state index contributed by atoms with van der Waals surface area (Å²) in [6.07, 6.45) is 0.211. The number of benzene rings is 1. The molecule has 1 saturated heterocycles. The Hall–Kier alpha value is -1.36. The van der Waals surface area contributed by atoms with E-state index in [-0.39, 0.29) is 30.3 Å². The predicted molar refractivity (Wildman–Crippen MR) is 76.0 cm³/mol. The van der Waals surface area contributed by atoms with Crippen LogP contribution in [0.1, 0.15) is 18.9 Å². The van der Waals surface area contributed by atoms with Gasteiger partial charge in [-0.2, -0.15) is 0 Å². The zero-order valence-corrected chi connectivity index (χ0v) is 12.7. The van der Waals surface area contributed by atoms with Crippen molar-refractivity contribution in [2.75, 3.05) is 12.0 Å². The first-order chi connectivity index (χ1) is 8.95. The fourth-order valence-electron chi connectivity index (χ4n) is 2.45. The van der Waals surface area contributed by atoms with Gasteiger partial charge in [0.2, 0.25) is 5.91 Å². The van der Waals surface area contributed by atoms with Gasteiger partial charge in [-0.05, 0) is 37.6 Å². The van der Waals surface area contributed by atoms with Crippen LogP contribution in [0.5, 0.6) is 0 Å². The highest BCUT2D eigenvalue weighted by molar-refractivity contribution is 9.10. The topological polar surface area (TPSA) is 46.6 Å². The van der Waals surface area contributed by atoms with Crippen molar-refractivity contribution in [3.63, 3.8) is 0 Å². The Morgan fingerprint density at radius 3 is 2.74 bits per heavy atom. The second-order valence-corrected chi connectivity index (χ2v) is 5.63. The van der Waals surface area contributed by atoms with Crippen LogP contribution in [0, 0.1) is 12.8 Å². The molecule has 2 rings (SSSR count). The van der Waals surface area contributed by atoms with E-state index in [0.717, 1.165) is 15.7 Å². The summed E-state index contributed by atoms with van der Waals surface area (Å²) in [7, 11) is 1.35. The molecule has 0 radical (unpaired) electrons. The summed E-state index contributed by atoms with van der Waals surface area (Å²) < 4.78 is 5.75. The summed E-state index contributed by atoms with van der Waals surface area (Å²) in [5.41, 5.74) is 1.88. The van der Waals surface area contributed by atoms with Gasteiger partial charge >= 0.3 is 5.97 Å². The Bertz CT molecular complexity index is 529. The number of hydrogen-bond donors (Lipinski definition) is 0. The average molecular weight is 326 g/mol. The summed E-state index contributed by atoms with van der Waals surface area (Å²) >= 11 is 3.44. The second kappa shape index (κ2) is 5.33. The van der Waals surface area contributed by atoms with E-state index in [9.17, 15) is 9.59 Å². The molecule has 1 aromatic carbocycles. The van der Waals surface area contributed by atoms with Gasteiger partial charge < -0.3 is 9.64 Å². The summed E-state index contributed by atoms with van der Waals surface area (Å²) in [5.74, 6) is -0.747. The van der Waals surface area contributed by atoms with Gasteiger partial charge in [0, 0.05) is 22.6 Å². The lowest BCUT2D eigenvalue weighted by atomic mass is 10.0. The van der Waals surface area contributed by atoms with Gasteiger partial charge in [0.25, 0.3) is 0 Å². The van der Waals surface area contributed by atoms with E-state index in [0.29, 0.717) is 0 Å². The monoisotopic (exact) mass is 325 g/mol. The van der Waals surface area contributed by atoms with Gasteiger partial charge in [-0.15, -0.1) is 0 Å². The lowest BCUT2D eigenvalue weighted by Gasteiger charge is -2.24. The quantitative estimate of drug-likeness (QED) is 0.785. The van der Waals surface area contributed by atoms with Crippen molar-refractivity contribution in [2.45, 2.75) is 26.3 Å². The highest BCUT2D eigenvalue weighted by atomic mass is 79.9. The standard InChI is InChI=1S/C14H16BrNO3/c1-8-6-10(4-5-12(8)15)16-9(2)11(7-13(16)17)14(18)19-3/h4-6,9,11H,7H2,1-3H3. The second-order valence-electron chi connectivity index (χ2n) is 4.77. The molecule has 1 aliphatic heterocycles. The first kappa shape index (κ1) is 14.1. The van der Waals surface area contributed by atoms with Crippen LogP contribution in [-0.4, -0.2) is 25.0 Å². The first-order valence-electron chi connectivity index (χ1n) is 6.11. The van der Waals surface area contributed by atoms with Crippen LogP contribution in [0.3, 0.4) is 0 Å². The minimum atomic E-state index is -0.388. The van der Waals surface area contributed by atoms with Crippen LogP contribution in [-0.2, 0) is 14.3 Å². The number of rotatable bonds is 2. The van der Waals surface area contributed by atoms with E-state index in [1.54, 1.807) is 4.90 Å². The van der Waals surface area contributed by atoms with Gasteiger partial charge in [-0.25, -0.2) is 0 Å². The molecule has 102 valence electrons. The van der Waals surface area contributed by atoms with Crippen molar-refractivity contribution in [3.8, 4) is 0 Å². The Kier molecular flexibility index (Phi) is 3.94. The number of amides is 1. The summed E-state index contributed by atoms with van der Waals surface area (Å²) in [6.45, 7) is 3.85. The molecule has 2 atom stereocenters. The third kappa shape index (κ3) is 2.52. The number of halogens is 1. The van der Waals surface area contributed by atoms with Crippen molar-refractivity contribution in [3.05, 3.63) is 28.2 Å². The molecule has 1 aliphatic rings. The third-order valence-electron chi connectivity index (χ3n) is 3.58. The molecule has 0 spiro atoms. The summed E-state index contributed by atoms with van der Waals surface area (Å²) in [5, 5.41) is 0.